The fourth-order valence-electron chi connectivity index (χ4n) is 2.78. The molecule has 0 fully saturated rings. The monoisotopic (exact) mass is 395 g/mol. The van der Waals surface area contributed by atoms with E-state index in [1.165, 1.54) is 16.6 Å². The van der Waals surface area contributed by atoms with Gasteiger partial charge in [0.1, 0.15) is 5.75 Å². The molecule has 1 aliphatic rings. The number of pyridine rings is 1. The van der Waals surface area contributed by atoms with Gasteiger partial charge in [0.2, 0.25) is 0 Å². The third-order valence-electron chi connectivity index (χ3n) is 4.12. The predicted molar refractivity (Wildman–Crippen MR) is 111 cm³/mol. The normalized spacial score (nSPS) is 15.4. The number of methoxy groups -OCH3 is 1. The first kappa shape index (κ1) is 17.8. The molecule has 1 amide bonds. The molecule has 0 saturated heterocycles. The Hall–Kier alpha value is -2.64. The van der Waals surface area contributed by atoms with Crippen LogP contribution in [0.5, 0.6) is 5.75 Å². The largest absolute Gasteiger partial charge is 0.496 e. The summed E-state index contributed by atoms with van der Waals surface area (Å²) in [7, 11) is 1.65. The first-order valence-corrected chi connectivity index (χ1v) is 10.1. The molecule has 0 saturated carbocycles. The molecular formula is C20H17N3O2S2. The quantitative estimate of drug-likeness (QED) is 0.658. The van der Waals surface area contributed by atoms with Crippen molar-refractivity contribution in [3.8, 4) is 5.75 Å². The van der Waals surface area contributed by atoms with E-state index in [4.69, 9.17) is 4.74 Å². The van der Waals surface area contributed by atoms with Crippen molar-refractivity contribution in [2.75, 3.05) is 7.11 Å². The number of carbonyl (C=O) groups excluding carboxylic acids is 1. The highest BCUT2D eigenvalue weighted by Gasteiger charge is 2.21. The van der Waals surface area contributed by atoms with Crippen LogP contribution in [0, 0.1) is 0 Å². The molecule has 0 radical (unpaired) electrons. The summed E-state index contributed by atoms with van der Waals surface area (Å²) in [6.45, 7) is 0.682. The van der Waals surface area contributed by atoms with Gasteiger partial charge in [-0.1, -0.05) is 18.2 Å². The lowest BCUT2D eigenvalue weighted by Gasteiger charge is -2.06. The Labute approximate surface area is 165 Å². The molecule has 7 heteroatoms. The Bertz CT molecular complexity index is 1040. The molecule has 2 aromatic heterocycles. The van der Waals surface area contributed by atoms with Gasteiger partial charge >= 0.3 is 0 Å². The van der Waals surface area contributed by atoms with E-state index in [0.29, 0.717) is 23.0 Å². The minimum Gasteiger partial charge on any atom is -0.496 e. The smallest absolute Gasteiger partial charge is 0.285 e. The summed E-state index contributed by atoms with van der Waals surface area (Å²) in [6.07, 6.45) is 4.31. The number of hydrogen-bond donors (Lipinski definition) is 1. The topological polar surface area (TPSA) is 63.6 Å². The summed E-state index contributed by atoms with van der Waals surface area (Å²) in [5.41, 5.74) is 1.98. The fraction of sp³-hybridized carbons (Fsp3) is 0.150. The Morgan fingerprint density at radius 1 is 1.26 bits per heavy atom. The highest BCUT2D eigenvalue weighted by atomic mass is 32.2. The molecule has 136 valence electrons. The molecule has 3 aromatic rings. The van der Waals surface area contributed by atoms with E-state index in [0.717, 1.165) is 22.2 Å². The van der Waals surface area contributed by atoms with Gasteiger partial charge in [-0.25, -0.2) is 0 Å². The van der Waals surface area contributed by atoms with Gasteiger partial charge in [-0.15, -0.1) is 11.3 Å². The molecule has 0 spiro atoms. The van der Waals surface area contributed by atoms with E-state index in [1.54, 1.807) is 24.6 Å². The molecule has 1 aliphatic heterocycles. The third kappa shape index (κ3) is 4.04. The zero-order valence-corrected chi connectivity index (χ0v) is 16.3. The number of amidine groups is 1. The number of aliphatic imine (C=N–C) groups is 1. The van der Waals surface area contributed by atoms with Gasteiger partial charge in [-0.3, -0.25) is 9.78 Å². The zero-order valence-electron chi connectivity index (χ0n) is 14.6. The maximum Gasteiger partial charge on any atom is 0.285 e. The summed E-state index contributed by atoms with van der Waals surface area (Å²) < 4.78 is 5.41. The summed E-state index contributed by atoms with van der Waals surface area (Å²) in [5.74, 6) is 0.609. The number of rotatable bonds is 5. The van der Waals surface area contributed by atoms with Crippen LogP contribution in [0.15, 0.2) is 63.9 Å². The second-order valence-corrected chi connectivity index (χ2v) is 7.96. The number of hydrogen-bond acceptors (Lipinski definition) is 6. The standard InChI is InChI=1S/C20H17N3O2S2/c1-25-17-8-9-21-16-6-4-13(11-15(16)17)5-7-18-19(24)23-20(27-18)22-12-14-3-2-10-26-14/h2-4,6-11H,5,12H2,1H3,(H,22,23,24)/b18-7-. The van der Waals surface area contributed by atoms with E-state index < -0.39 is 0 Å². The Balaban J connectivity index is 1.44. The average Bonchev–Trinajstić information content (AvgIpc) is 3.33. The summed E-state index contributed by atoms with van der Waals surface area (Å²) in [4.78, 5) is 22.4. The first-order chi connectivity index (χ1) is 13.2. The second-order valence-electron chi connectivity index (χ2n) is 5.89. The number of allylic oxidation sites excluding steroid dienone is 1. The number of fused-ring (bicyclic) bond motifs is 1. The first-order valence-electron chi connectivity index (χ1n) is 8.42. The van der Waals surface area contributed by atoms with Crippen LogP contribution >= 0.6 is 23.1 Å². The van der Waals surface area contributed by atoms with Crippen LogP contribution in [0.4, 0.5) is 0 Å². The molecule has 0 bridgehead atoms. The number of nitrogens with zero attached hydrogens (tertiary/aromatic N) is 2. The van der Waals surface area contributed by atoms with Crippen molar-refractivity contribution < 1.29 is 9.53 Å². The Kier molecular flexibility index (Phi) is 5.22. The van der Waals surface area contributed by atoms with Crippen LogP contribution in [0.1, 0.15) is 10.4 Å². The highest BCUT2D eigenvalue weighted by Crippen LogP contribution is 2.28. The number of carbonyl (C=O) groups is 1. The van der Waals surface area contributed by atoms with Crippen molar-refractivity contribution in [1.82, 2.24) is 10.3 Å². The molecule has 3 heterocycles. The van der Waals surface area contributed by atoms with E-state index in [-0.39, 0.29) is 5.91 Å². The lowest BCUT2D eigenvalue weighted by molar-refractivity contribution is -0.113. The van der Waals surface area contributed by atoms with Crippen molar-refractivity contribution in [3.05, 3.63) is 69.4 Å². The SMILES string of the molecule is COc1ccnc2ccc(C/C=C3\SC(NCc4cccs4)=NC3=O)cc12. The van der Waals surface area contributed by atoms with Crippen LogP contribution in [0.2, 0.25) is 0 Å². The van der Waals surface area contributed by atoms with E-state index in [2.05, 4.69) is 27.4 Å². The molecule has 1 aromatic carbocycles. The Morgan fingerprint density at radius 2 is 2.19 bits per heavy atom. The van der Waals surface area contributed by atoms with Crippen LogP contribution in [0.3, 0.4) is 0 Å². The minimum absolute atomic E-state index is 0.186. The molecule has 4 rings (SSSR count). The maximum absolute atomic E-state index is 12.1. The van der Waals surface area contributed by atoms with Gasteiger partial charge in [0.05, 0.1) is 24.1 Å². The molecular weight excluding hydrogens is 378 g/mol. The van der Waals surface area contributed by atoms with E-state index in [1.807, 2.05) is 35.7 Å². The van der Waals surface area contributed by atoms with Gasteiger partial charge in [-0.05, 0) is 53.4 Å². The van der Waals surface area contributed by atoms with Crippen LogP contribution in [-0.2, 0) is 17.8 Å². The van der Waals surface area contributed by atoms with Gasteiger partial charge in [0, 0.05) is 16.5 Å². The number of nitrogens with one attached hydrogen (secondary N) is 1. The van der Waals surface area contributed by atoms with Crippen molar-refractivity contribution >= 4 is 45.1 Å². The predicted octanol–water partition coefficient (Wildman–Crippen LogP) is 4.15. The molecule has 1 N–H and O–H groups in total. The number of ether oxygens (including phenoxy) is 1. The third-order valence-corrected chi connectivity index (χ3v) is 5.99. The van der Waals surface area contributed by atoms with Crippen molar-refractivity contribution in [2.45, 2.75) is 13.0 Å². The Morgan fingerprint density at radius 3 is 3.00 bits per heavy atom. The molecule has 5 nitrogen and oxygen atoms in total. The van der Waals surface area contributed by atoms with Gasteiger partial charge < -0.3 is 10.1 Å². The number of aromatic nitrogens is 1. The summed E-state index contributed by atoms with van der Waals surface area (Å²) >= 11 is 3.07. The van der Waals surface area contributed by atoms with Gasteiger partial charge in [0.15, 0.2) is 5.17 Å². The number of benzene rings is 1. The second kappa shape index (κ2) is 7.94. The molecule has 27 heavy (non-hydrogen) atoms. The number of thiophene rings is 1. The minimum atomic E-state index is -0.186. The zero-order chi connectivity index (χ0) is 18.6. The van der Waals surface area contributed by atoms with Crippen molar-refractivity contribution in [3.63, 3.8) is 0 Å². The molecule has 0 unspecified atom stereocenters. The molecule has 0 atom stereocenters. The van der Waals surface area contributed by atoms with Gasteiger partial charge in [-0.2, -0.15) is 4.99 Å². The lowest BCUT2D eigenvalue weighted by atomic mass is 10.1. The van der Waals surface area contributed by atoms with Crippen LogP contribution in [-0.4, -0.2) is 23.2 Å². The highest BCUT2D eigenvalue weighted by molar-refractivity contribution is 8.18. The summed E-state index contributed by atoms with van der Waals surface area (Å²) in [6, 6.07) is 12.0. The van der Waals surface area contributed by atoms with Crippen LogP contribution in [0.25, 0.3) is 10.9 Å². The lowest BCUT2D eigenvalue weighted by Crippen LogP contribution is -2.17. The number of amides is 1. The van der Waals surface area contributed by atoms with Crippen molar-refractivity contribution in [1.29, 1.82) is 0 Å². The van der Waals surface area contributed by atoms with E-state index in [9.17, 15) is 4.79 Å². The van der Waals surface area contributed by atoms with E-state index >= 15 is 0 Å². The maximum atomic E-state index is 12.1. The fourth-order valence-corrected chi connectivity index (χ4v) is 4.21. The van der Waals surface area contributed by atoms with Crippen molar-refractivity contribution in [2.24, 2.45) is 4.99 Å². The van der Waals surface area contributed by atoms with Gasteiger partial charge in [0.25, 0.3) is 5.91 Å². The number of thioether (sulfide) groups is 1. The average molecular weight is 396 g/mol. The van der Waals surface area contributed by atoms with Crippen LogP contribution < -0.4 is 10.1 Å². The molecule has 0 aliphatic carbocycles. The summed E-state index contributed by atoms with van der Waals surface area (Å²) in [5, 5.41) is 6.88.